The molecule has 0 aliphatic heterocycles. The summed E-state index contributed by atoms with van der Waals surface area (Å²) in [6.07, 6.45) is 0. The first-order chi connectivity index (χ1) is 4.85. The summed E-state index contributed by atoms with van der Waals surface area (Å²) in [4.78, 5) is 8.24. The van der Waals surface area contributed by atoms with E-state index in [1.54, 1.807) is 0 Å². The minimum absolute atomic E-state index is 0.000000000000000222. The van der Waals surface area contributed by atoms with E-state index in [0.717, 1.165) is 14.2 Å². The Kier molecular flexibility index (Phi) is 7.92. The van der Waals surface area contributed by atoms with Gasteiger partial charge in [-0.05, 0) is 12.2 Å². The van der Waals surface area contributed by atoms with E-state index in [0.29, 0.717) is 0 Å². The zero-order valence-corrected chi connectivity index (χ0v) is 7.89. The minimum Gasteiger partial charge on any atom is -0.377 e. The number of phosphoric ester groups is 1. The molecule has 8 heteroatoms. The monoisotopic (exact) mass is 202 g/mol. The summed E-state index contributed by atoms with van der Waals surface area (Å²) in [7, 11) is -1.45. The molecule has 0 rings (SSSR count). The summed E-state index contributed by atoms with van der Waals surface area (Å²) < 4.78 is 18.0. The average Bonchev–Trinajstić information content (AvgIpc) is 1.87. The van der Waals surface area contributed by atoms with Gasteiger partial charge in [0, 0.05) is 14.2 Å². The summed E-state index contributed by atoms with van der Waals surface area (Å²) in [5.74, 6) is 0. The first-order valence-corrected chi connectivity index (χ1v) is 4.25. The van der Waals surface area contributed by atoms with E-state index in [9.17, 15) is 4.57 Å². The van der Waals surface area contributed by atoms with Crippen LogP contribution in [0.5, 0.6) is 0 Å². The predicted octanol–water partition coefficient (Wildman–Crippen LogP) is -0.432. The molecule has 0 radical (unpaired) electrons. The largest absolute Gasteiger partial charge is 0.471 e. The van der Waals surface area contributed by atoms with Crippen LogP contribution in [0.4, 0.5) is 0 Å². The van der Waals surface area contributed by atoms with Gasteiger partial charge in [0.25, 0.3) is 0 Å². The van der Waals surface area contributed by atoms with E-state index in [-0.39, 0.29) is 5.11 Å². The van der Waals surface area contributed by atoms with Crippen molar-refractivity contribution in [2.24, 2.45) is 11.5 Å². The van der Waals surface area contributed by atoms with Crippen molar-refractivity contribution in [3.8, 4) is 0 Å². The fourth-order valence-electron chi connectivity index (χ4n) is 0.0745. The smallest absolute Gasteiger partial charge is 0.377 e. The Morgan fingerprint density at radius 3 is 1.64 bits per heavy atom. The van der Waals surface area contributed by atoms with Crippen LogP contribution in [0, 0.1) is 0 Å². The van der Waals surface area contributed by atoms with Crippen LogP contribution in [-0.4, -0.2) is 24.2 Å². The van der Waals surface area contributed by atoms with Crippen LogP contribution in [0.15, 0.2) is 0 Å². The van der Waals surface area contributed by atoms with Crippen LogP contribution in [0.2, 0.25) is 0 Å². The van der Waals surface area contributed by atoms with Gasteiger partial charge in [-0.2, -0.15) is 0 Å². The van der Waals surface area contributed by atoms with Gasteiger partial charge in [-0.3, -0.25) is 9.05 Å². The van der Waals surface area contributed by atoms with Crippen LogP contribution in [0.25, 0.3) is 0 Å². The van der Waals surface area contributed by atoms with E-state index >= 15 is 0 Å². The third-order valence-corrected chi connectivity index (χ3v) is 1.38. The lowest BCUT2D eigenvalue weighted by molar-refractivity contribution is 0.204. The summed E-state index contributed by atoms with van der Waals surface area (Å²) in [5.41, 5.74) is 9.24. The second kappa shape index (κ2) is 6.51. The SMILES string of the molecule is COP(=O)(O)OC.NC(N)=S. The van der Waals surface area contributed by atoms with Crippen LogP contribution < -0.4 is 11.5 Å². The third kappa shape index (κ3) is 17.7. The highest BCUT2D eigenvalue weighted by molar-refractivity contribution is 7.80. The van der Waals surface area contributed by atoms with Crippen molar-refractivity contribution in [2.75, 3.05) is 14.2 Å². The Morgan fingerprint density at radius 1 is 1.45 bits per heavy atom. The van der Waals surface area contributed by atoms with Crippen LogP contribution in [-0.2, 0) is 13.6 Å². The first-order valence-electron chi connectivity index (χ1n) is 2.35. The van der Waals surface area contributed by atoms with Gasteiger partial charge >= 0.3 is 7.82 Å². The highest BCUT2D eigenvalue weighted by Crippen LogP contribution is 2.40. The molecule has 0 aliphatic carbocycles. The number of hydrogen-bond acceptors (Lipinski definition) is 4. The fraction of sp³-hybridized carbons (Fsp3) is 0.667. The van der Waals surface area contributed by atoms with E-state index in [4.69, 9.17) is 4.89 Å². The highest BCUT2D eigenvalue weighted by Gasteiger charge is 2.13. The quantitative estimate of drug-likeness (QED) is 0.411. The van der Waals surface area contributed by atoms with Crippen molar-refractivity contribution in [2.45, 2.75) is 0 Å². The summed E-state index contributed by atoms with van der Waals surface area (Å²) in [6, 6.07) is 0. The molecule has 0 aromatic rings. The van der Waals surface area contributed by atoms with Crippen molar-refractivity contribution >= 4 is 25.2 Å². The molecule has 0 saturated carbocycles. The van der Waals surface area contributed by atoms with Gasteiger partial charge in [0.05, 0.1) is 0 Å². The predicted molar refractivity (Wildman–Crippen MR) is 44.8 cm³/mol. The summed E-state index contributed by atoms with van der Waals surface area (Å²) in [5, 5.41) is 0.000000000000000222. The van der Waals surface area contributed by atoms with Crippen molar-refractivity contribution in [1.82, 2.24) is 0 Å². The Hall–Kier alpha value is -0.200. The van der Waals surface area contributed by atoms with Crippen molar-refractivity contribution < 1.29 is 18.5 Å². The maximum atomic E-state index is 10.1. The number of hydrogen-bond donors (Lipinski definition) is 3. The van der Waals surface area contributed by atoms with E-state index in [1.165, 1.54) is 0 Å². The Labute approximate surface area is 70.1 Å². The lowest BCUT2D eigenvalue weighted by atomic mass is 11.3. The number of phosphoric acid groups is 1. The molecule has 11 heavy (non-hydrogen) atoms. The molecule has 6 nitrogen and oxygen atoms in total. The van der Waals surface area contributed by atoms with E-state index < -0.39 is 7.82 Å². The second-order valence-electron chi connectivity index (χ2n) is 1.24. The van der Waals surface area contributed by atoms with Crippen molar-refractivity contribution in [3.63, 3.8) is 0 Å². The molecule has 0 fully saturated rings. The van der Waals surface area contributed by atoms with Gasteiger partial charge in [0.15, 0.2) is 5.11 Å². The van der Waals surface area contributed by atoms with Gasteiger partial charge in [0.1, 0.15) is 0 Å². The van der Waals surface area contributed by atoms with Gasteiger partial charge in [-0.25, -0.2) is 4.57 Å². The standard InChI is InChI=1S/C2H7O4P.CH4N2S/c1-5-7(3,4)6-2;2-1(3)4/h1-2H3,(H,3,4);(H4,2,3,4). The first kappa shape index (κ1) is 13.4. The van der Waals surface area contributed by atoms with Crippen LogP contribution in [0.1, 0.15) is 0 Å². The molecular formula is C3H11N2O4PS. The molecule has 0 aliphatic rings. The Balaban J connectivity index is 0. The van der Waals surface area contributed by atoms with E-state index in [1.807, 2.05) is 0 Å². The molecule has 0 aromatic heterocycles. The van der Waals surface area contributed by atoms with Gasteiger partial charge in [-0.15, -0.1) is 0 Å². The zero-order chi connectivity index (χ0) is 9.49. The minimum atomic E-state index is -3.65. The van der Waals surface area contributed by atoms with Gasteiger partial charge < -0.3 is 16.4 Å². The summed E-state index contributed by atoms with van der Waals surface area (Å²) >= 11 is 4.09. The molecule has 0 saturated heterocycles. The Bertz CT molecular complexity index is 151. The number of nitrogens with two attached hydrogens (primary N) is 2. The molecule has 0 atom stereocenters. The molecule has 0 aromatic carbocycles. The maximum absolute atomic E-state index is 10.1. The van der Waals surface area contributed by atoms with Gasteiger partial charge in [0.2, 0.25) is 0 Å². The molecule has 5 N–H and O–H groups in total. The molecule has 0 bridgehead atoms. The average molecular weight is 202 g/mol. The fourth-order valence-corrected chi connectivity index (χ4v) is 0.224. The lowest BCUT2D eigenvalue weighted by Crippen LogP contribution is -2.18. The van der Waals surface area contributed by atoms with Crippen LogP contribution >= 0.6 is 20.0 Å². The van der Waals surface area contributed by atoms with Crippen molar-refractivity contribution in [1.29, 1.82) is 0 Å². The number of rotatable bonds is 2. The zero-order valence-electron chi connectivity index (χ0n) is 6.18. The highest BCUT2D eigenvalue weighted by atomic mass is 32.1. The number of thiocarbonyl (C=S) groups is 1. The van der Waals surface area contributed by atoms with Crippen LogP contribution in [0.3, 0.4) is 0 Å². The molecule has 68 valence electrons. The van der Waals surface area contributed by atoms with Crippen molar-refractivity contribution in [3.05, 3.63) is 0 Å². The Morgan fingerprint density at radius 2 is 1.64 bits per heavy atom. The van der Waals surface area contributed by atoms with E-state index in [2.05, 4.69) is 32.7 Å². The molecule has 0 unspecified atom stereocenters. The molecule has 0 heterocycles. The second-order valence-corrected chi connectivity index (χ2v) is 3.37. The van der Waals surface area contributed by atoms with Gasteiger partial charge in [-0.1, -0.05) is 0 Å². The topological polar surface area (TPSA) is 108 Å². The lowest BCUT2D eigenvalue weighted by Gasteiger charge is -2.01. The molecule has 0 amide bonds. The maximum Gasteiger partial charge on any atom is 0.471 e. The summed E-state index contributed by atoms with van der Waals surface area (Å²) in [6.45, 7) is 0. The normalized spacial score (nSPS) is 9.73. The molecule has 0 spiro atoms. The molecular weight excluding hydrogens is 191 g/mol. The third-order valence-electron chi connectivity index (χ3n) is 0.461.